The van der Waals surface area contributed by atoms with E-state index in [2.05, 4.69) is 0 Å². The molecule has 1 atom stereocenters. The van der Waals surface area contributed by atoms with E-state index < -0.39 is 17.7 Å². The maximum absolute atomic E-state index is 14.0. The van der Waals surface area contributed by atoms with Gasteiger partial charge in [-0.2, -0.15) is 0 Å². The zero-order valence-corrected chi connectivity index (χ0v) is 15.5. The summed E-state index contributed by atoms with van der Waals surface area (Å²) >= 11 is 0. The zero-order chi connectivity index (χ0) is 19.6. The number of ether oxygens (including phenoxy) is 2. The molecule has 0 bridgehead atoms. The van der Waals surface area contributed by atoms with Crippen LogP contribution < -0.4 is 14.4 Å². The molecule has 1 aliphatic heterocycles. The zero-order valence-electron chi connectivity index (χ0n) is 15.5. The second-order valence-electron chi connectivity index (χ2n) is 6.37. The van der Waals surface area contributed by atoms with Crippen LogP contribution in [0.4, 0.5) is 14.5 Å². The molecule has 1 unspecified atom stereocenters. The summed E-state index contributed by atoms with van der Waals surface area (Å²) in [6, 6.07) is 8.51. The Morgan fingerprint density at radius 1 is 1.07 bits per heavy atom. The normalized spacial score (nSPS) is 17.9. The molecular formula is C20H22F2N2O3. The molecular weight excluding hydrogens is 354 g/mol. The van der Waals surface area contributed by atoms with E-state index >= 15 is 0 Å². The molecule has 0 aromatic heterocycles. The van der Waals surface area contributed by atoms with Gasteiger partial charge in [-0.15, -0.1) is 0 Å². The first-order valence-corrected chi connectivity index (χ1v) is 8.66. The predicted molar refractivity (Wildman–Crippen MR) is 98.1 cm³/mol. The summed E-state index contributed by atoms with van der Waals surface area (Å²) in [5.74, 6) is -0.197. The predicted octanol–water partition coefficient (Wildman–Crippen LogP) is 3.22. The molecule has 2 aromatic carbocycles. The van der Waals surface area contributed by atoms with Gasteiger partial charge < -0.3 is 14.4 Å². The van der Waals surface area contributed by atoms with E-state index in [-0.39, 0.29) is 18.0 Å². The van der Waals surface area contributed by atoms with Crippen molar-refractivity contribution in [3.63, 3.8) is 0 Å². The van der Waals surface area contributed by atoms with Crippen molar-refractivity contribution in [3.8, 4) is 11.5 Å². The number of carbonyl (C=O) groups is 1. The average Bonchev–Trinajstić information content (AvgIpc) is 2.67. The molecule has 1 heterocycles. The molecule has 0 aliphatic carbocycles. The Morgan fingerprint density at radius 3 is 2.41 bits per heavy atom. The molecule has 0 N–H and O–H groups in total. The first-order chi connectivity index (χ1) is 13.0. The first kappa shape index (κ1) is 19.1. The Bertz CT molecular complexity index is 824. The van der Waals surface area contributed by atoms with Gasteiger partial charge in [0.25, 0.3) is 0 Å². The van der Waals surface area contributed by atoms with Gasteiger partial charge in [-0.1, -0.05) is 6.07 Å². The minimum Gasteiger partial charge on any atom is -0.497 e. The maximum atomic E-state index is 14.0. The smallest absolute Gasteiger partial charge is 0.244 e. The average molecular weight is 376 g/mol. The molecule has 7 heteroatoms. The second kappa shape index (κ2) is 7.92. The van der Waals surface area contributed by atoms with E-state index in [0.29, 0.717) is 30.3 Å². The fourth-order valence-electron chi connectivity index (χ4n) is 3.26. The van der Waals surface area contributed by atoms with Crippen LogP contribution in [0.25, 0.3) is 0 Å². The summed E-state index contributed by atoms with van der Waals surface area (Å²) in [6.07, 6.45) is 0. The summed E-state index contributed by atoms with van der Waals surface area (Å²) < 4.78 is 38.5. The Hall–Kier alpha value is -2.67. The van der Waals surface area contributed by atoms with Gasteiger partial charge in [0.2, 0.25) is 5.91 Å². The third kappa shape index (κ3) is 3.73. The summed E-state index contributed by atoms with van der Waals surface area (Å²) in [6.45, 7) is 2.65. The molecule has 0 saturated carbocycles. The van der Waals surface area contributed by atoms with Crippen molar-refractivity contribution in [2.75, 3.05) is 32.2 Å². The minimum absolute atomic E-state index is 0.0207. The van der Waals surface area contributed by atoms with Gasteiger partial charge >= 0.3 is 0 Å². The quantitative estimate of drug-likeness (QED) is 0.804. The Kier molecular flexibility index (Phi) is 5.60. The number of carbonyl (C=O) groups excluding carboxylic acids is 1. The third-order valence-corrected chi connectivity index (χ3v) is 4.88. The van der Waals surface area contributed by atoms with Crippen molar-refractivity contribution in [1.29, 1.82) is 0 Å². The molecule has 27 heavy (non-hydrogen) atoms. The molecule has 0 spiro atoms. The van der Waals surface area contributed by atoms with Gasteiger partial charge in [0.05, 0.1) is 25.9 Å². The van der Waals surface area contributed by atoms with Crippen LogP contribution in [-0.4, -0.2) is 44.2 Å². The van der Waals surface area contributed by atoms with Crippen molar-refractivity contribution >= 4 is 11.6 Å². The van der Waals surface area contributed by atoms with Crippen molar-refractivity contribution in [3.05, 3.63) is 53.6 Å². The first-order valence-electron chi connectivity index (χ1n) is 8.66. The summed E-state index contributed by atoms with van der Waals surface area (Å²) in [7, 11) is 3.09. The molecule has 3 rings (SSSR count). The van der Waals surface area contributed by atoms with Gasteiger partial charge in [-0.3, -0.25) is 9.69 Å². The van der Waals surface area contributed by atoms with E-state index in [4.69, 9.17) is 9.47 Å². The van der Waals surface area contributed by atoms with E-state index in [1.165, 1.54) is 25.3 Å². The highest BCUT2D eigenvalue weighted by Gasteiger charge is 2.34. The highest BCUT2D eigenvalue weighted by Crippen LogP contribution is 2.34. The van der Waals surface area contributed by atoms with Gasteiger partial charge in [-0.25, -0.2) is 8.78 Å². The van der Waals surface area contributed by atoms with E-state index in [1.54, 1.807) is 42.0 Å². The fraction of sp³-hybridized carbons (Fsp3) is 0.350. The number of hydrogen-bond acceptors (Lipinski definition) is 4. The van der Waals surface area contributed by atoms with E-state index in [1.807, 2.05) is 0 Å². The molecule has 1 amide bonds. The van der Waals surface area contributed by atoms with Crippen LogP contribution >= 0.6 is 0 Å². The van der Waals surface area contributed by atoms with Crippen LogP contribution in [0, 0.1) is 11.6 Å². The van der Waals surface area contributed by atoms with Crippen LogP contribution in [0.1, 0.15) is 12.5 Å². The largest absolute Gasteiger partial charge is 0.497 e. The van der Waals surface area contributed by atoms with Crippen molar-refractivity contribution in [1.82, 2.24) is 4.90 Å². The molecule has 144 valence electrons. The van der Waals surface area contributed by atoms with Gasteiger partial charge in [-0.05, 0) is 31.2 Å². The molecule has 5 nitrogen and oxygen atoms in total. The van der Waals surface area contributed by atoms with Crippen molar-refractivity contribution in [2.24, 2.45) is 0 Å². The minimum atomic E-state index is -0.603. The standard InChI is InChI=1S/C20H22F2N2O3/c1-13-20(25)24(18-8-7-14(26-2)11-19(18)27-3)10-9-23(13)12-15-16(21)5-4-6-17(15)22/h4-8,11,13H,9-10,12H2,1-3H3. The van der Waals surface area contributed by atoms with Crippen LogP contribution in [0.15, 0.2) is 36.4 Å². The molecule has 1 aliphatic rings. The van der Waals surface area contributed by atoms with Crippen molar-refractivity contribution in [2.45, 2.75) is 19.5 Å². The summed E-state index contributed by atoms with van der Waals surface area (Å²) in [5, 5.41) is 0. The highest BCUT2D eigenvalue weighted by atomic mass is 19.1. The lowest BCUT2D eigenvalue weighted by Gasteiger charge is -2.39. The van der Waals surface area contributed by atoms with E-state index in [0.717, 1.165) is 0 Å². The number of amides is 1. The Balaban J connectivity index is 1.81. The SMILES string of the molecule is COc1ccc(N2CCN(Cc3c(F)cccc3F)C(C)C2=O)c(OC)c1. The van der Waals surface area contributed by atoms with Crippen molar-refractivity contribution < 1.29 is 23.0 Å². The van der Waals surface area contributed by atoms with Gasteiger partial charge in [0.15, 0.2) is 0 Å². The number of methoxy groups -OCH3 is 2. The topological polar surface area (TPSA) is 42.0 Å². The van der Waals surface area contributed by atoms with Crippen LogP contribution in [0.3, 0.4) is 0 Å². The van der Waals surface area contributed by atoms with Crippen LogP contribution in [-0.2, 0) is 11.3 Å². The Morgan fingerprint density at radius 2 is 1.78 bits per heavy atom. The number of nitrogens with zero attached hydrogens (tertiary/aromatic N) is 2. The lowest BCUT2D eigenvalue weighted by Crippen LogP contribution is -2.55. The molecule has 1 fully saturated rings. The number of hydrogen-bond donors (Lipinski definition) is 0. The summed E-state index contributed by atoms with van der Waals surface area (Å²) in [5.41, 5.74) is 0.625. The third-order valence-electron chi connectivity index (χ3n) is 4.88. The fourth-order valence-corrected chi connectivity index (χ4v) is 3.26. The number of piperazine rings is 1. The number of benzene rings is 2. The molecule has 1 saturated heterocycles. The van der Waals surface area contributed by atoms with Crippen LogP contribution in [0.5, 0.6) is 11.5 Å². The van der Waals surface area contributed by atoms with E-state index in [9.17, 15) is 13.6 Å². The number of rotatable bonds is 5. The second-order valence-corrected chi connectivity index (χ2v) is 6.37. The summed E-state index contributed by atoms with van der Waals surface area (Å²) in [4.78, 5) is 16.3. The highest BCUT2D eigenvalue weighted by molar-refractivity contribution is 5.99. The molecule has 0 radical (unpaired) electrons. The van der Waals surface area contributed by atoms with Crippen LogP contribution in [0.2, 0.25) is 0 Å². The van der Waals surface area contributed by atoms with Gasteiger partial charge in [0.1, 0.15) is 23.1 Å². The number of halogens is 2. The maximum Gasteiger partial charge on any atom is 0.244 e. The monoisotopic (exact) mass is 376 g/mol. The molecule has 2 aromatic rings. The Labute approximate surface area is 157 Å². The van der Waals surface area contributed by atoms with Gasteiger partial charge in [0, 0.05) is 31.3 Å². The number of anilines is 1. The lowest BCUT2D eigenvalue weighted by molar-refractivity contribution is -0.125. The lowest BCUT2D eigenvalue weighted by atomic mass is 10.1.